The summed E-state index contributed by atoms with van der Waals surface area (Å²) in [6.45, 7) is 5.72. The van der Waals surface area contributed by atoms with Crippen molar-refractivity contribution in [3.8, 4) is 0 Å². The summed E-state index contributed by atoms with van der Waals surface area (Å²) in [4.78, 5) is 27.4. The Kier molecular flexibility index (Phi) is 5.24. The van der Waals surface area contributed by atoms with Crippen LogP contribution in [0.4, 0.5) is 11.6 Å². The summed E-state index contributed by atoms with van der Waals surface area (Å²) in [5, 5.41) is 11.1. The molecule has 3 heterocycles. The van der Waals surface area contributed by atoms with Crippen molar-refractivity contribution < 1.29 is 14.3 Å². The Morgan fingerprint density at radius 3 is 2.42 bits per heavy atom. The van der Waals surface area contributed by atoms with Crippen molar-refractivity contribution in [2.45, 2.75) is 19.8 Å². The van der Waals surface area contributed by atoms with Crippen LogP contribution in [0.2, 0.25) is 0 Å². The maximum absolute atomic E-state index is 12.2. The Morgan fingerprint density at radius 1 is 1.12 bits per heavy atom. The van der Waals surface area contributed by atoms with Gasteiger partial charge in [0.2, 0.25) is 11.8 Å². The fourth-order valence-corrected chi connectivity index (χ4v) is 3.00. The normalized spacial score (nSPS) is 19.2. The third-order valence-corrected chi connectivity index (χ3v) is 4.54. The van der Waals surface area contributed by atoms with Crippen LogP contribution in [-0.4, -0.2) is 66.3 Å². The largest absolute Gasteiger partial charge is 0.381 e. The average molecular weight is 333 g/mol. The van der Waals surface area contributed by atoms with Crippen molar-refractivity contribution in [3.05, 3.63) is 12.1 Å². The Labute approximate surface area is 141 Å². The first-order valence-corrected chi connectivity index (χ1v) is 8.36. The fourth-order valence-electron chi connectivity index (χ4n) is 3.00. The van der Waals surface area contributed by atoms with E-state index in [2.05, 4.69) is 20.4 Å². The first kappa shape index (κ1) is 16.6. The quantitative estimate of drug-likeness (QED) is 0.867. The van der Waals surface area contributed by atoms with Gasteiger partial charge in [-0.05, 0) is 25.0 Å². The number of amides is 2. The number of hydrogen-bond acceptors (Lipinski definition) is 6. The molecule has 0 aromatic carbocycles. The van der Waals surface area contributed by atoms with E-state index < -0.39 is 0 Å². The maximum atomic E-state index is 12.2. The highest BCUT2D eigenvalue weighted by atomic mass is 16.5. The molecule has 0 aliphatic carbocycles. The van der Waals surface area contributed by atoms with Gasteiger partial charge in [0.15, 0.2) is 11.6 Å². The van der Waals surface area contributed by atoms with E-state index in [1.807, 2.05) is 11.0 Å². The van der Waals surface area contributed by atoms with Crippen LogP contribution in [-0.2, 0) is 14.3 Å². The van der Waals surface area contributed by atoms with E-state index in [0.717, 1.165) is 31.7 Å². The minimum atomic E-state index is -0.0181. The molecule has 8 heteroatoms. The van der Waals surface area contributed by atoms with Gasteiger partial charge in [-0.25, -0.2) is 0 Å². The number of anilines is 2. The molecule has 0 radical (unpaired) electrons. The van der Waals surface area contributed by atoms with E-state index in [9.17, 15) is 9.59 Å². The van der Waals surface area contributed by atoms with Crippen molar-refractivity contribution in [2.75, 3.05) is 49.6 Å². The number of hydrogen-bond donors (Lipinski definition) is 1. The monoisotopic (exact) mass is 333 g/mol. The first-order chi connectivity index (χ1) is 11.6. The molecule has 0 unspecified atom stereocenters. The van der Waals surface area contributed by atoms with E-state index >= 15 is 0 Å². The number of rotatable bonds is 3. The number of nitrogens with one attached hydrogen (secondary N) is 1. The summed E-state index contributed by atoms with van der Waals surface area (Å²) in [5.41, 5.74) is 0. The maximum Gasteiger partial charge on any atom is 0.228 e. The van der Waals surface area contributed by atoms with Crippen LogP contribution < -0.4 is 10.2 Å². The highest BCUT2D eigenvalue weighted by Crippen LogP contribution is 2.18. The van der Waals surface area contributed by atoms with Gasteiger partial charge in [0.05, 0.1) is 0 Å². The SMILES string of the molecule is CC(=O)N1CCN(c2ccc(NC(=O)C3CCOCC3)nn2)CC1. The van der Waals surface area contributed by atoms with Gasteiger partial charge in [-0.15, -0.1) is 10.2 Å². The molecule has 2 aliphatic heterocycles. The van der Waals surface area contributed by atoms with Crippen LogP contribution >= 0.6 is 0 Å². The fraction of sp³-hybridized carbons (Fsp3) is 0.625. The van der Waals surface area contributed by atoms with Gasteiger partial charge in [-0.1, -0.05) is 0 Å². The Hall–Kier alpha value is -2.22. The second kappa shape index (κ2) is 7.57. The van der Waals surface area contributed by atoms with Crippen molar-refractivity contribution in [2.24, 2.45) is 5.92 Å². The smallest absolute Gasteiger partial charge is 0.228 e. The molecular weight excluding hydrogens is 310 g/mol. The van der Waals surface area contributed by atoms with Gasteiger partial charge in [0, 0.05) is 52.2 Å². The number of aromatic nitrogens is 2. The highest BCUT2D eigenvalue weighted by Gasteiger charge is 2.23. The third kappa shape index (κ3) is 4.00. The predicted molar refractivity (Wildman–Crippen MR) is 88.7 cm³/mol. The van der Waals surface area contributed by atoms with E-state index in [-0.39, 0.29) is 17.7 Å². The van der Waals surface area contributed by atoms with Crippen LogP contribution in [0.5, 0.6) is 0 Å². The van der Waals surface area contributed by atoms with Gasteiger partial charge < -0.3 is 19.9 Å². The topological polar surface area (TPSA) is 87.7 Å². The molecule has 0 bridgehead atoms. The molecule has 2 saturated heterocycles. The van der Waals surface area contributed by atoms with Crippen molar-refractivity contribution in [3.63, 3.8) is 0 Å². The van der Waals surface area contributed by atoms with Gasteiger partial charge in [-0.2, -0.15) is 0 Å². The minimum absolute atomic E-state index is 0.0140. The molecular formula is C16H23N5O3. The van der Waals surface area contributed by atoms with Crippen molar-refractivity contribution in [1.29, 1.82) is 0 Å². The van der Waals surface area contributed by atoms with Gasteiger partial charge in [-0.3, -0.25) is 9.59 Å². The summed E-state index contributed by atoms with van der Waals surface area (Å²) in [6, 6.07) is 3.63. The van der Waals surface area contributed by atoms with Crippen molar-refractivity contribution in [1.82, 2.24) is 15.1 Å². The van der Waals surface area contributed by atoms with Crippen LogP contribution in [0, 0.1) is 5.92 Å². The molecule has 8 nitrogen and oxygen atoms in total. The minimum Gasteiger partial charge on any atom is -0.381 e. The molecule has 3 rings (SSSR count). The standard InChI is InChI=1S/C16H23N5O3/c1-12(22)20-6-8-21(9-7-20)15-3-2-14(18-19-15)17-16(23)13-4-10-24-11-5-13/h2-3,13H,4-11H2,1H3,(H,17,18,23). The summed E-state index contributed by atoms with van der Waals surface area (Å²) in [6.07, 6.45) is 1.50. The lowest BCUT2D eigenvalue weighted by Crippen LogP contribution is -2.48. The lowest BCUT2D eigenvalue weighted by atomic mass is 9.99. The molecule has 0 saturated carbocycles. The number of carbonyl (C=O) groups excluding carboxylic acids is 2. The first-order valence-electron chi connectivity index (χ1n) is 8.36. The predicted octanol–water partition coefficient (Wildman–Crippen LogP) is 0.510. The van der Waals surface area contributed by atoms with Crippen LogP contribution in [0.25, 0.3) is 0 Å². The molecule has 130 valence electrons. The van der Waals surface area contributed by atoms with Gasteiger partial charge in [0.25, 0.3) is 0 Å². The second-order valence-corrected chi connectivity index (χ2v) is 6.15. The van der Waals surface area contributed by atoms with Crippen LogP contribution in [0.15, 0.2) is 12.1 Å². The molecule has 2 amide bonds. The Bertz CT molecular complexity index is 578. The molecule has 1 aromatic heterocycles. The van der Waals surface area contributed by atoms with Gasteiger partial charge in [0.1, 0.15) is 0 Å². The average Bonchev–Trinajstić information content (AvgIpc) is 2.63. The Morgan fingerprint density at radius 2 is 1.83 bits per heavy atom. The van der Waals surface area contributed by atoms with E-state index in [1.54, 1.807) is 13.0 Å². The van der Waals surface area contributed by atoms with Gasteiger partial charge >= 0.3 is 0 Å². The second-order valence-electron chi connectivity index (χ2n) is 6.15. The zero-order valence-electron chi connectivity index (χ0n) is 13.9. The molecule has 2 fully saturated rings. The molecule has 24 heavy (non-hydrogen) atoms. The lowest BCUT2D eigenvalue weighted by molar-refractivity contribution is -0.129. The number of carbonyl (C=O) groups is 2. The Balaban J connectivity index is 1.54. The third-order valence-electron chi connectivity index (χ3n) is 4.54. The zero-order valence-corrected chi connectivity index (χ0v) is 13.9. The molecule has 1 aromatic rings. The summed E-state index contributed by atoms with van der Waals surface area (Å²) in [5.74, 6) is 1.31. The molecule has 0 atom stereocenters. The number of ether oxygens (including phenoxy) is 1. The van der Waals surface area contributed by atoms with E-state index in [4.69, 9.17) is 4.74 Å². The summed E-state index contributed by atoms with van der Waals surface area (Å²) < 4.78 is 5.27. The van der Waals surface area contributed by atoms with Crippen LogP contribution in [0.1, 0.15) is 19.8 Å². The molecule has 0 spiro atoms. The van der Waals surface area contributed by atoms with E-state index in [0.29, 0.717) is 32.1 Å². The molecule has 1 N–H and O–H groups in total. The van der Waals surface area contributed by atoms with Crippen LogP contribution in [0.3, 0.4) is 0 Å². The highest BCUT2D eigenvalue weighted by molar-refractivity contribution is 5.91. The number of nitrogens with zero attached hydrogens (tertiary/aromatic N) is 4. The summed E-state index contributed by atoms with van der Waals surface area (Å²) in [7, 11) is 0. The summed E-state index contributed by atoms with van der Waals surface area (Å²) >= 11 is 0. The van der Waals surface area contributed by atoms with E-state index in [1.165, 1.54) is 0 Å². The number of piperazine rings is 1. The lowest BCUT2D eigenvalue weighted by Gasteiger charge is -2.34. The van der Waals surface area contributed by atoms with Crippen molar-refractivity contribution >= 4 is 23.5 Å². The molecule has 2 aliphatic rings. The zero-order chi connectivity index (χ0) is 16.9.